The lowest BCUT2D eigenvalue weighted by atomic mass is 10.1. The largest absolute Gasteiger partial charge is 0.367 e. The van der Waals surface area contributed by atoms with E-state index in [4.69, 9.17) is 4.74 Å². The number of ether oxygens (including phenoxy) is 1. The summed E-state index contributed by atoms with van der Waals surface area (Å²) in [5.41, 5.74) is 3.56. The summed E-state index contributed by atoms with van der Waals surface area (Å²) in [5.74, 6) is 0. The van der Waals surface area contributed by atoms with E-state index in [0.717, 1.165) is 5.69 Å². The Kier molecular flexibility index (Phi) is 6.97. The van der Waals surface area contributed by atoms with Crippen LogP contribution in [0.1, 0.15) is 57.5 Å². The smallest absolute Gasteiger partial charge is 0.0899 e. The minimum Gasteiger partial charge on any atom is -0.367 e. The van der Waals surface area contributed by atoms with Gasteiger partial charge >= 0.3 is 0 Å². The van der Waals surface area contributed by atoms with E-state index in [1.807, 2.05) is 33.9 Å². The molecule has 2 rings (SSSR count). The minimum atomic E-state index is 0.234. The number of nitrogens with zero attached hydrogens (tertiary/aromatic N) is 1. The number of aromatic nitrogens is 1. The van der Waals surface area contributed by atoms with Crippen molar-refractivity contribution >= 4 is 0 Å². The van der Waals surface area contributed by atoms with Gasteiger partial charge in [0.15, 0.2) is 0 Å². The first-order valence-corrected chi connectivity index (χ1v) is 5.84. The summed E-state index contributed by atoms with van der Waals surface area (Å²) in [6, 6.07) is 2.15. The molecule has 1 aliphatic rings. The Morgan fingerprint density at radius 3 is 2.47 bits per heavy atom. The Hall–Kier alpha value is -0.890. The van der Waals surface area contributed by atoms with Crippen molar-refractivity contribution in [3.05, 3.63) is 29.1 Å². The molecule has 0 N–H and O–H groups in total. The summed E-state index contributed by atoms with van der Waals surface area (Å²) in [6.45, 7) is 12.8. The molecule has 86 valence electrons. The Labute approximate surface area is 93.7 Å². The van der Waals surface area contributed by atoms with E-state index in [2.05, 4.69) is 24.9 Å². The molecule has 1 aromatic rings. The summed E-state index contributed by atoms with van der Waals surface area (Å²) in [4.78, 5) is 4.28. The molecule has 0 fully saturated rings. The van der Waals surface area contributed by atoms with Crippen molar-refractivity contribution in [1.82, 2.24) is 4.98 Å². The van der Waals surface area contributed by atoms with Crippen molar-refractivity contribution < 1.29 is 4.74 Å². The van der Waals surface area contributed by atoms with Crippen LogP contribution in [0.5, 0.6) is 0 Å². The maximum atomic E-state index is 5.42. The van der Waals surface area contributed by atoms with E-state index in [-0.39, 0.29) is 6.10 Å². The number of hydrogen-bond acceptors (Lipinski definition) is 2. The summed E-state index contributed by atoms with van der Waals surface area (Å²) < 4.78 is 5.42. The van der Waals surface area contributed by atoms with Gasteiger partial charge in [-0.05, 0) is 19.4 Å². The topological polar surface area (TPSA) is 22.1 Å². The molecule has 0 amide bonds. The maximum Gasteiger partial charge on any atom is 0.0899 e. The average Bonchev–Trinajstić information content (AvgIpc) is 2.66. The van der Waals surface area contributed by atoms with Crippen molar-refractivity contribution in [3.63, 3.8) is 0 Å². The molecule has 0 radical (unpaired) electrons. The van der Waals surface area contributed by atoms with Gasteiger partial charge in [-0.1, -0.05) is 33.8 Å². The Morgan fingerprint density at radius 1 is 1.27 bits per heavy atom. The molecule has 1 aliphatic heterocycles. The maximum absolute atomic E-state index is 5.42. The molecule has 1 unspecified atom stereocenters. The van der Waals surface area contributed by atoms with Crippen molar-refractivity contribution in [2.24, 2.45) is 0 Å². The molecule has 0 saturated carbocycles. The molecule has 15 heavy (non-hydrogen) atoms. The number of hydrogen-bond donors (Lipinski definition) is 0. The van der Waals surface area contributed by atoms with Gasteiger partial charge in [0.2, 0.25) is 0 Å². The molecular weight excluding hydrogens is 186 g/mol. The van der Waals surface area contributed by atoms with Crippen LogP contribution in [0.25, 0.3) is 0 Å². The molecule has 1 aromatic heterocycles. The molecular formula is C13H23NO. The highest BCUT2D eigenvalue weighted by Crippen LogP contribution is 2.28. The number of fused-ring (bicyclic) bond motifs is 1. The number of pyridine rings is 1. The monoisotopic (exact) mass is 209 g/mol. The number of aryl methyl sites for hydroxylation is 1. The molecule has 2 nitrogen and oxygen atoms in total. The Morgan fingerprint density at radius 2 is 1.87 bits per heavy atom. The zero-order valence-corrected chi connectivity index (χ0v) is 10.8. The highest BCUT2D eigenvalue weighted by Gasteiger charge is 2.19. The fourth-order valence-corrected chi connectivity index (χ4v) is 1.39. The fourth-order valence-electron chi connectivity index (χ4n) is 1.39. The van der Waals surface area contributed by atoms with Crippen LogP contribution < -0.4 is 0 Å². The molecule has 2 heterocycles. The van der Waals surface area contributed by atoms with Crippen molar-refractivity contribution in [2.45, 2.75) is 54.3 Å². The van der Waals surface area contributed by atoms with Crippen LogP contribution in [-0.2, 0) is 11.3 Å². The van der Waals surface area contributed by atoms with Gasteiger partial charge in [-0.2, -0.15) is 0 Å². The first kappa shape index (κ1) is 14.1. The second-order valence-corrected chi connectivity index (χ2v) is 3.00. The minimum absolute atomic E-state index is 0.234. The predicted molar refractivity (Wildman–Crippen MR) is 64.9 cm³/mol. The molecule has 0 spiro atoms. The SMILES string of the molecule is CC.CC.Cc1cnc2c(c1)C(C)OC2. The molecule has 2 heteroatoms. The average molecular weight is 209 g/mol. The summed E-state index contributed by atoms with van der Waals surface area (Å²) in [7, 11) is 0. The van der Waals surface area contributed by atoms with Gasteiger partial charge in [0.25, 0.3) is 0 Å². The highest BCUT2D eigenvalue weighted by molar-refractivity contribution is 5.28. The fraction of sp³-hybridized carbons (Fsp3) is 0.615. The van der Waals surface area contributed by atoms with E-state index < -0.39 is 0 Å². The summed E-state index contributed by atoms with van der Waals surface area (Å²) >= 11 is 0. The first-order chi connectivity index (χ1) is 7.27. The summed E-state index contributed by atoms with van der Waals surface area (Å²) in [5, 5.41) is 0. The molecule has 0 aromatic carbocycles. The normalized spacial score (nSPS) is 16.8. The third-order valence-corrected chi connectivity index (χ3v) is 2.05. The third-order valence-electron chi connectivity index (χ3n) is 2.05. The lowest BCUT2D eigenvalue weighted by molar-refractivity contribution is 0.0787. The third kappa shape index (κ3) is 3.63. The van der Waals surface area contributed by atoms with Crippen LogP contribution in [0.3, 0.4) is 0 Å². The first-order valence-electron chi connectivity index (χ1n) is 5.84. The van der Waals surface area contributed by atoms with Crippen molar-refractivity contribution in [2.75, 3.05) is 0 Å². The van der Waals surface area contributed by atoms with Crippen LogP contribution >= 0.6 is 0 Å². The van der Waals surface area contributed by atoms with E-state index in [0.29, 0.717) is 6.61 Å². The summed E-state index contributed by atoms with van der Waals surface area (Å²) in [6.07, 6.45) is 2.12. The zero-order chi connectivity index (χ0) is 11.8. The lowest BCUT2D eigenvalue weighted by Crippen LogP contribution is -1.90. The van der Waals surface area contributed by atoms with Gasteiger partial charge in [0.1, 0.15) is 0 Å². The van der Waals surface area contributed by atoms with Crippen LogP contribution in [0.2, 0.25) is 0 Å². The van der Waals surface area contributed by atoms with Crippen LogP contribution in [-0.4, -0.2) is 4.98 Å². The van der Waals surface area contributed by atoms with Gasteiger partial charge in [0.05, 0.1) is 18.4 Å². The Bertz CT molecular complexity index is 284. The Balaban J connectivity index is 0.000000442. The van der Waals surface area contributed by atoms with Crippen LogP contribution in [0, 0.1) is 6.92 Å². The zero-order valence-electron chi connectivity index (χ0n) is 10.8. The van der Waals surface area contributed by atoms with E-state index >= 15 is 0 Å². The molecule has 0 bridgehead atoms. The number of rotatable bonds is 0. The molecule has 0 aliphatic carbocycles. The van der Waals surface area contributed by atoms with Crippen LogP contribution in [0.4, 0.5) is 0 Å². The van der Waals surface area contributed by atoms with E-state index in [1.165, 1.54) is 11.1 Å². The van der Waals surface area contributed by atoms with Gasteiger partial charge in [-0.25, -0.2) is 0 Å². The quantitative estimate of drug-likeness (QED) is 0.643. The van der Waals surface area contributed by atoms with Gasteiger partial charge in [-0.3, -0.25) is 4.98 Å². The van der Waals surface area contributed by atoms with Gasteiger partial charge in [-0.15, -0.1) is 0 Å². The van der Waals surface area contributed by atoms with Gasteiger partial charge < -0.3 is 4.74 Å². The second kappa shape index (κ2) is 7.41. The van der Waals surface area contributed by atoms with Crippen LogP contribution in [0.15, 0.2) is 12.3 Å². The standard InChI is InChI=1S/C9H11NO.2C2H6/c1-6-3-8-7(2)11-5-9(8)10-4-6;2*1-2/h3-4,7H,5H2,1-2H3;2*1-2H3. The molecule has 1 atom stereocenters. The van der Waals surface area contributed by atoms with Gasteiger partial charge in [0, 0.05) is 11.8 Å². The molecule has 0 saturated heterocycles. The van der Waals surface area contributed by atoms with Crippen molar-refractivity contribution in [3.8, 4) is 0 Å². The van der Waals surface area contributed by atoms with E-state index in [1.54, 1.807) is 0 Å². The van der Waals surface area contributed by atoms with Crippen molar-refractivity contribution in [1.29, 1.82) is 0 Å². The lowest BCUT2D eigenvalue weighted by Gasteiger charge is -2.02. The highest BCUT2D eigenvalue weighted by atomic mass is 16.5. The predicted octanol–water partition coefficient (Wildman–Crippen LogP) is 4.03. The second-order valence-electron chi connectivity index (χ2n) is 3.00. The van der Waals surface area contributed by atoms with E-state index in [9.17, 15) is 0 Å².